The molecule has 1 heterocycles. The Kier molecular flexibility index (Phi) is 4.01. The van der Waals surface area contributed by atoms with E-state index in [2.05, 4.69) is 21.2 Å². The second-order valence-electron chi connectivity index (χ2n) is 3.78. The SMILES string of the molecule is O=C(O)c1ccc(C(=O)NCc2cccc(Br)c2)o1. The van der Waals surface area contributed by atoms with E-state index in [1.807, 2.05) is 24.3 Å². The molecule has 6 heteroatoms. The third-order valence-electron chi connectivity index (χ3n) is 2.38. The zero-order valence-corrected chi connectivity index (χ0v) is 11.3. The predicted octanol–water partition coefficient (Wildman–Crippen LogP) is 2.67. The van der Waals surface area contributed by atoms with Gasteiger partial charge in [-0.2, -0.15) is 0 Å². The monoisotopic (exact) mass is 323 g/mol. The van der Waals surface area contributed by atoms with Gasteiger partial charge in [-0.15, -0.1) is 0 Å². The molecule has 0 saturated heterocycles. The molecule has 19 heavy (non-hydrogen) atoms. The molecule has 2 N–H and O–H groups in total. The first kappa shape index (κ1) is 13.4. The molecule has 0 aliphatic rings. The molecule has 2 aromatic rings. The molecule has 2 rings (SSSR count). The standard InChI is InChI=1S/C13H10BrNO4/c14-9-3-1-2-8(6-9)7-15-12(16)10-4-5-11(19-10)13(17)18/h1-6H,7H2,(H,15,16)(H,17,18). The molecule has 1 amide bonds. The topological polar surface area (TPSA) is 79.5 Å². The van der Waals surface area contributed by atoms with Crippen LogP contribution >= 0.6 is 15.9 Å². The molecule has 1 aromatic carbocycles. The van der Waals surface area contributed by atoms with E-state index in [1.54, 1.807) is 0 Å². The number of benzene rings is 1. The van der Waals surface area contributed by atoms with Gasteiger partial charge in [-0.25, -0.2) is 4.79 Å². The first-order chi connectivity index (χ1) is 9.06. The third kappa shape index (κ3) is 3.45. The van der Waals surface area contributed by atoms with E-state index in [0.29, 0.717) is 6.54 Å². The van der Waals surface area contributed by atoms with Crippen molar-refractivity contribution in [3.8, 4) is 0 Å². The molecule has 0 radical (unpaired) electrons. The van der Waals surface area contributed by atoms with Crippen LogP contribution < -0.4 is 5.32 Å². The summed E-state index contributed by atoms with van der Waals surface area (Å²) < 4.78 is 5.82. The lowest BCUT2D eigenvalue weighted by Gasteiger charge is -2.03. The number of rotatable bonds is 4. The fourth-order valence-corrected chi connectivity index (χ4v) is 1.94. The van der Waals surface area contributed by atoms with Crippen molar-refractivity contribution in [3.05, 3.63) is 58.0 Å². The van der Waals surface area contributed by atoms with Gasteiger partial charge in [0.05, 0.1) is 0 Å². The summed E-state index contributed by atoms with van der Waals surface area (Å²) in [6.45, 7) is 0.335. The van der Waals surface area contributed by atoms with Crippen LogP contribution in [-0.4, -0.2) is 17.0 Å². The smallest absolute Gasteiger partial charge is 0.371 e. The Morgan fingerprint density at radius 3 is 2.58 bits per heavy atom. The van der Waals surface area contributed by atoms with Crippen molar-refractivity contribution in [1.82, 2.24) is 5.32 Å². The summed E-state index contributed by atoms with van der Waals surface area (Å²) in [4.78, 5) is 22.4. The van der Waals surface area contributed by atoms with Crippen molar-refractivity contribution in [2.45, 2.75) is 6.54 Å². The second kappa shape index (κ2) is 5.71. The van der Waals surface area contributed by atoms with Crippen LogP contribution in [0.3, 0.4) is 0 Å². The maximum absolute atomic E-state index is 11.7. The average molecular weight is 324 g/mol. The van der Waals surface area contributed by atoms with Gasteiger partial charge in [0.25, 0.3) is 5.91 Å². The van der Waals surface area contributed by atoms with Crippen molar-refractivity contribution in [1.29, 1.82) is 0 Å². The van der Waals surface area contributed by atoms with E-state index in [4.69, 9.17) is 9.52 Å². The Morgan fingerprint density at radius 1 is 1.21 bits per heavy atom. The lowest BCUT2D eigenvalue weighted by molar-refractivity contribution is 0.0659. The molecule has 0 atom stereocenters. The average Bonchev–Trinajstić information content (AvgIpc) is 2.86. The van der Waals surface area contributed by atoms with Crippen molar-refractivity contribution in [3.63, 3.8) is 0 Å². The minimum atomic E-state index is -1.20. The minimum Gasteiger partial charge on any atom is -0.475 e. The number of hydrogen-bond acceptors (Lipinski definition) is 3. The number of carboxylic acid groups (broad SMARTS) is 1. The zero-order valence-electron chi connectivity index (χ0n) is 9.72. The molecule has 0 saturated carbocycles. The van der Waals surface area contributed by atoms with Crippen LogP contribution in [0.4, 0.5) is 0 Å². The Morgan fingerprint density at radius 2 is 1.95 bits per heavy atom. The highest BCUT2D eigenvalue weighted by molar-refractivity contribution is 9.10. The number of carbonyl (C=O) groups is 2. The van der Waals surface area contributed by atoms with Crippen LogP contribution in [0.1, 0.15) is 26.7 Å². The number of aromatic carboxylic acids is 1. The van der Waals surface area contributed by atoms with Gasteiger partial charge in [0, 0.05) is 11.0 Å². The Hall–Kier alpha value is -2.08. The molecule has 0 aliphatic carbocycles. The van der Waals surface area contributed by atoms with Gasteiger partial charge < -0.3 is 14.8 Å². The lowest BCUT2D eigenvalue weighted by Crippen LogP contribution is -2.22. The van der Waals surface area contributed by atoms with E-state index in [9.17, 15) is 9.59 Å². The van der Waals surface area contributed by atoms with Crippen LogP contribution in [-0.2, 0) is 6.54 Å². The molecule has 0 spiro atoms. The Labute approximate surface area is 117 Å². The van der Waals surface area contributed by atoms with Gasteiger partial charge in [-0.3, -0.25) is 4.79 Å². The lowest BCUT2D eigenvalue weighted by atomic mass is 10.2. The maximum atomic E-state index is 11.7. The van der Waals surface area contributed by atoms with Crippen molar-refractivity contribution in [2.24, 2.45) is 0 Å². The molecule has 5 nitrogen and oxygen atoms in total. The van der Waals surface area contributed by atoms with Crippen LogP contribution in [0, 0.1) is 0 Å². The molecular formula is C13H10BrNO4. The van der Waals surface area contributed by atoms with Crippen molar-refractivity contribution in [2.75, 3.05) is 0 Å². The van der Waals surface area contributed by atoms with E-state index >= 15 is 0 Å². The largest absolute Gasteiger partial charge is 0.475 e. The summed E-state index contributed by atoms with van der Waals surface area (Å²) in [7, 11) is 0. The number of hydrogen-bond donors (Lipinski definition) is 2. The summed E-state index contributed by atoms with van der Waals surface area (Å²) in [5, 5.41) is 11.3. The van der Waals surface area contributed by atoms with Crippen LogP contribution in [0.2, 0.25) is 0 Å². The minimum absolute atomic E-state index is 0.0209. The van der Waals surface area contributed by atoms with Gasteiger partial charge in [0.1, 0.15) is 0 Å². The molecular weight excluding hydrogens is 314 g/mol. The highest BCUT2D eigenvalue weighted by Crippen LogP contribution is 2.12. The van der Waals surface area contributed by atoms with E-state index < -0.39 is 11.9 Å². The Balaban J connectivity index is 1.99. The summed E-state index contributed by atoms with van der Waals surface area (Å²) in [5.74, 6) is -1.93. The van der Waals surface area contributed by atoms with Crippen LogP contribution in [0.15, 0.2) is 45.3 Å². The molecule has 0 bridgehead atoms. The van der Waals surface area contributed by atoms with Gasteiger partial charge in [-0.1, -0.05) is 28.1 Å². The van der Waals surface area contributed by atoms with Gasteiger partial charge in [0.2, 0.25) is 5.76 Å². The quantitative estimate of drug-likeness (QED) is 0.906. The molecule has 1 aromatic heterocycles. The predicted molar refractivity (Wildman–Crippen MR) is 71.0 cm³/mol. The summed E-state index contributed by atoms with van der Waals surface area (Å²) in [5.41, 5.74) is 0.924. The van der Waals surface area contributed by atoms with E-state index in [1.165, 1.54) is 12.1 Å². The van der Waals surface area contributed by atoms with Gasteiger partial charge >= 0.3 is 5.97 Å². The van der Waals surface area contributed by atoms with Crippen LogP contribution in [0.25, 0.3) is 0 Å². The number of halogens is 1. The van der Waals surface area contributed by atoms with E-state index in [-0.39, 0.29) is 11.5 Å². The fraction of sp³-hybridized carbons (Fsp3) is 0.0769. The molecule has 0 unspecified atom stereocenters. The third-order valence-corrected chi connectivity index (χ3v) is 2.88. The number of carbonyl (C=O) groups excluding carboxylic acids is 1. The van der Waals surface area contributed by atoms with E-state index in [0.717, 1.165) is 10.0 Å². The normalized spacial score (nSPS) is 10.2. The number of nitrogens with one attached hydrogen (secondary N) is 1. The number of amides is 1. The first-order valence-electron chi connectivity index (χ1n) is 5.42. The molecule has 98 valence electrons. The first-order valence-corrected chi connectivity index (χ1v) is 6.21. The molecule has 0 aliphatic heterocycles. The maximum Gasteiger partial charge on any atom is 0.371 e. The highest BCUT2D eigenvalue weighted by atomic mass is 79.9. The highest BCUT2D eigenvalue weighted by Gasteiger charge is 2.14. The number of furan rings is 1. The Bertz CT molecular complexity index is 621. The number of carboxylic acids is 1. The van der Waals surface area contributed by atoms with Gasteiger partial charge in [-0.05, 0) is 29.8 Å². The summed E-state index contributed by atoms with van der Waals surface area (Å²) >= 11 is 3.34. The fourth-order valence-electron chi connectivity index (χ4n) is 1.49. The van der Waals surface area contributed by atoms with Crippen LogP contribution in [0.5, 0.6) is 0 Å². The summed E-state index contributed by atoms with van der Waals surface area (Å²) in [6, 6.07) is 10.1. The van der Waals surface area contributed by atoms with Crippen molar-refractivity contribution < 1.29 is 19.1 Å². The second-order valence-corrected chi connectivity index (χ2v) is 4.70. The molecule has 0 fully saturated rings. The zero-order chi connectivity index (χ0) is 13.8. The van der Waals surface area contributed by atoms with Crippen molar-refractivity contribution >= 4 is 27.8 Å². The van der Waals surface area contributed by atoms with Gasteiger partial charge in [0.15, 0.2) is 5.76 Å². The summed E-state index contributed by atoms with van der Waals surface area (Å²) in [6.07, 6.45) is 0.